The lowest BCUT2D eigenvalue weighted by Crippen LogP contribution is -2.32. The number of benzene rings is 1. The number of Topliss-reactive ketones (excluding diaryl/α,β-unsaturated/α-hetero) is 1. The second-order valence-electron chi connectivity index (χ2n) is 6.94. The van der Waals surface area contributed by atoms with Crippen LogP contribution in [0.15, 0.2) is 54.4 Å². The molecule has 1 atom stereocenters. The number of hydrogen-bond donors (Lipinski definition) is 1. The fourth-order valence-corrected chi connectivity index (χ4v) is 3.44. The number of aliphatic hydroxyl groups is 1. The van der Waals surface area contributed by atoms with Crippen LogP contribution in [0.4, 0.5) is 0 Å². The summed E-state index contributed by atoms with van der Waals surface area (Å²) in [6, 6.07) is 9.38. The number of amides is 1. The van der Waals surface area contributed by atoms with Gasteiger partial charge in [-0.15, -0.1) is 0 Å². The molecule has 1 N–H and O–H groups in total. The Labute approximate surface area is 169 Å². The van der Waals surface area contributed by atoms with Crippen molar-refractivity contribution in [3.63, 3.8) is 0 Å². The summed E-state index contributed by atoms with van der Waals surface area (Å²) in [7, 11) is 3.90. The quantitative estimate of drug-likeness (QED) is 0.459. The minimum Gasteiger partial charge on any atom is -0.507 e. The molecule has 2 heterocycles. The Kier molecular flexibility index (Phi) is 6.11. The molecule has 1 fully saturated rings. The van der Waals surface area contributed by atoms with Crippen LogP contribution in [0.2, 0.25) is 5.02 Å². The fraction of sp³-hybridized carbons (Fsp3) is 0.286. The molecule has 0 bridgehead atoms. The third-order valence-electron chi connectivity index (χ3n) is 4.66. The molecule has 0 radical (unpaired) electrons. The van der Waals surface area contributed by atoms with Crippen LogP contribution in [0.3, 0.4) is 0 Å². The van der Waals surface area contributed by atoms with Crippen molar-refractivity contribution in [1.29, 1.82) is 0 Å². The van der Waals surface area contributed by atoms with E-state index in [2.05, 4.69) is 4.98 Å². The minimum atomic E-state index is -0.689. The molecule has 0 spiro atoms. The van der Waals surface area contributed by atoms with Gasteiger partial charge in [0, 0.05) is 29.5 Å². The molecular formula is C21H22ClN3O3. The molecule has 1 unspecified atom stereocenters. The maximum atomic E-state index is 12.8. The minimum absolute atomic E-state index is 0.0742. The van der Waals surface area contributed by atoms with Gasteiger partial charge < -0.3 is 14.9 Å². The van der Waals surface area contributed by atoms with Crippen LogP contribution >= 0.6 is 11.6 Å². The molecule has 1 amide bonds. The van der Waals surface area contributed by atoms with Gasteiger partial charge in [-0.3, -0.25) is 14.6 Å². The number of aromatic nitrogens is 1. The third kappa shape index (κ3) is 4.08. The molecule has 1 aliphatic rings. The lowest BCUT2D eigenvalue weighted by atomic mass is 9.96. The van der Waals surface area contributed by atoms with Crippen molar-refractivity contribution in [1.82, 2.24) is 14.8 Å². The zero-order valence-electron chi connectivity index (χ0n) is 15.8. The average molecular weight is 400 g/mol. The number of halogens is 1. The van der Waals surface area contributed by atoms with E-state index in [1.807, 2.05) is 19.0 Å². The summed E-state index contributed by atoms with van der Waals surface area (Å²) in [6.45, 7) is 1.18. The molecule has 146 valence electrons. The Hall–Kier alpha value is -2.70. The molecule has 6 nitrogen and oxygen atoms in total. The van der Waals surface area contributed by atoms with Gasteiger partial charge in [0.2, 0.25) is 0 Å². The highest BCUT2D eigenvalue weighted by atomic mass is 35.5. The highest BCUT2D eigenvalue weighted by molar-refractivity contribution is 6.46. The number of carbonyl (C=O) groups excluding carboxylic acids is 2. The first-order valence-corrected chi connectivity index (χ1v) is 9.37. The Morgan fingerprint density at radius 3 is 2.54 bits per heavy atom. The van der Waals surface area contributed by atoms with E-state index in [1.54, 1.807) is 48.8 Å². The molecule has 2 aromatic rings. The van der Waals surface area contributed by atoms with Crippen LogP contribution in [0.1, 0.15) is 23.6 Å². The van der Waals surface area contributed by atoms with E-state index >= 15 is 0 Å². The van der Waals surface area contributed by atoms with Gasteiger partial charge >= 0.3 is 0 Å². The average Bonchev–Trinajstić information content (AvgIpc) is 2.93. The molecule has 1 aliphatic heterocycles. The van der Waals surface area contributed by atoms with E-state index in [0.717, 1.165) is 6.54 Å². The monoisotopic (exact) mass is 399 g/mol. The van der Waals surface area contributed by atoms with Crippen LogP contribution in [0, 0.1) is 0 Å². The Balaban J connectivity index is 2.06. The van der Waals surface area contributed by atoms with Gasteiger partial charge in [0.1, 0.15) is 5.76 Å². The number of ketones is 1. The van der Waals surface area contributed by atoms with Gasteiger partial charge in [0.15, 0.2) is 0 Å². The topological polar surface area (TPSA) is 73.7 Å². The first-order chi connectivity index (χ1) is 13.4. The first kappa shape index (κ1) is 20.0. The highest BCUT2D eigenvalue weighted by Gasteiger charge is 2.45. The van der Waals surface area contributed by atoms with Crippen LogP contribution in [0.25, 0.3) is 5.76 Å². The predicted molar refractivity (Wildman–Crippen MR) is 108 cm³/mol. The predicted octanol–water partition coefficient (Wildman–Crippen LogP) is 3.11. The van der Waals surface area contributed by atoms with E-state index < -0.39 is 17.7 Å². The van der Waals surface area contributed by atoms with Crippen LogP contribution in [0.5, 0.6) is 0 Å². The number of nitrogens with zero attached hydrogens (tertiary/aromatic N) is 3. The standard InChI is InChI=1S/C21H22ClN3O3/c1-24(2)11-4-12-25-18(15-5-3-10-23-13-15)17(20(27)21(25)28)19(26)14-6-8-16(22)9-7-14/h3,5-10,13,18,26H,4,11-12H2,1-2H3/b19-17+. The number of aliphatic hydroxyl groups excluding tert-OH is 1. The Morgan fingerprint density at radius 2 is 1.93 bits per heavy atom. The maximum absolute atomic E-state index is 12.8. The summed E-state index contributed by atoms with van der Waals surface area (Å²) in [6.07, 6.45) is 3.95. The summed E-state index contributed by atoms with van der Waals surface area (Å²) in [5.74, 6) is -1.51. The summed E-state index contributed by atoms with van der Waals surface area (Å²) in [4.78, 5) is 33.2. The Bertz CT molecular complexity index is 895. The number of carbonyl (C=O) groups is 2. The van der Waals surface area contributed by atoms with Crippen molar-refractivity contribution in [2.45, 2.75) is 12.5 Å². The number of likely N-dealkylation sites (tertiary alicyclic amines) is 1. The van der Waals surface area contributed by atoms with Crippen LogP contribution < -0.4 is 0 Å². The van der Waals surface area contributed by atoms with Crippen molar-refractivity contribution >= 4 is 29.1 Å². The summed E-state index contributed by atoms with van der Waals surface area (Å²) >= 11 is 5.92. The largest absolute Gasteiger partial charge is 0.507 e. The molecule has 7 heteroatoms. The van der Waals surface area contributed by atoms with Crippen molar-refractivity contribution in [3.05, 3.63) is 70.5 Å². The summed E-state index contributed by atoms with van der Waals surface area (Å²) in [5, 5.41) is 11.4. The molecule has 0 aliphatic carbocycles. The lowest BCUT2D eigenvalue weighted by molar-refractivity contribution is -0.139. The van der Waals surface area contributed by atoms with Crippen LogP contribution in [-0.2, 0) is 9.59 Å². The molecular weight excluding hydrogens is 378 g/mol. The lowest BCUT2D eigenvalue weighted by Gasteiger charge is -2.25. The van der Waals surface area contributed by atoms with Gasteiger partial charge in [0.25, 0.3) is 11.7 Å². The third-order valence-corrected chi connectivity index (χ3v) is 4.91. The van der Waals surface area contributed by atoms with Gasteiger partial charge in [-0.2, -0.15) is 0 Å². The second-order valence-corrected chi connectivity index (χ2v) is 7.38. The maximum Gasteiger partial charge on any atom is 0.295 e. The van der Waals surface area contributed by atoms with E-state index in [0.29, 0.717) is 29.1 Å². The van der Waals surface area contributed by atoms with E-state index in [1.165, 1.54) is 4.90 Å². The fourth-order valence-electron chi connectivity index (χ4n) is 3.32. The Morgan fingerprint density at radius 1 is 1.21 bits per heavy atom. The molecule has 1 aromatic heterocycles. The number of hydrogen-bond acceptors (Lipinski definition) is 5. The van der Waals surface area contributed by atoms with Crippen molar-refractivity contribution in [3.8, 4) is 0 Å². The van der Waals surface area contributed by atoms with E-state index in [4.69, 9.17) is 11.6 Å². The molecule has 1 saturated heterocycles. The number of pyridine rings is 1. The molecule has 28 heavy (non-hydrogen) atoms. The van der Waals surface area contributed by atoms with Crippen molar-refractivity contribution < 1.29 is 14.7 Å². The van der Waals surface area contributed by atoms with Crippen LogP contribution in [-0.4, -0.2) is 58.8 Å². The van der Waals surface area contributed by atoms with Gasteiger partial charge in [-0.1, -0.05) is 17.7 Å². The van der Waals surface area contributed by atoms with Crippen molar-refractivity contribution in [2.75, 3.05) is 27.2 Å². The zero-order chi connectivity index (χ0) is 20.3. The van der Waals surface area contributed by atoms with Gasteiger partial charge in [-0.25, -0.2) is 0 Å². The van der Waals surface area contributed by atoms with E-state index in [9.17, 15) is 14.7 Å². The summed E-state index contributed by atoms with van der Waals surface area (Å²) in [5.41, 5.74) is 1.19. The second kappa shape index (κ2) is 8.54. The van der Waals surface area contributed by atoms with Gasteiger partial charge in [-0.05, 0) is 63.0 Å². The zero-order valence-corrected chi connectivity index (χ0v) is 16.6. The smallest absolute Gasteiger partial charge is 0.295 e. The SMILES string of the molecule is CN(C)CCCN1C(=O)C(=O)/C(=C(/O)c2ccc(Cl)cc2)C1c1cccnc1. The van der Waals surface area contributed by atoms with Gasteiger partial charge in [0.05, 0.1) is 11.6 Å². The number of rotatable bonds is 6. The molecule has 1 aromatic carbocycles. The first-order valence-electron chi connectivity index (χ1n) is 8.99. The normalized spacial score (nSPS) is 18.9. The molecule has 0 saturated carbocycles. The van der Waals surface area contributed by atoms with Crippen molar-refractivity contribution in [2.24, 2.45) is 0 Å². The van der Waals surface area contributed by atoms with E-state index in [-0.39, 0.29) is 11.3 Å². The summed E-state index contributed by atoms with van der Waals surface area (Å²) < 4.78 is 0. The highest BCUT2D eigenvalue weighted by Crippen LogP contribution is 2.39. The molecule has 3 rings (SSSR count).